The number of rotatable bonds is 2. The second kappa shape index (κ2) is 5.95. The fourth-order valence-corrected chi connectivity index (χ4v) is 1.54. The predicted molar refractivity (Wildman–Crippen MR) is 71.3 cm³/mol. The molecule has 0 aliphatic carbocycles. The number of aromatic nitrogens is 3. The topological polar surface area (TPSA) is 85.8 Å². The van der Waals surface area contributed by atoms with Crippen LogP contribution in [0.2, 0.25) is 0 Å². The van der Waals surface area contributed by atoms with E-state index >= 15 is 0 Å². The molecule has 1 amide bonds. The van der Waals surface area contributed by atoms with Gasteiger partial charge < -0.3 is 5.73 Å². The van der Waals surface area contributed by atoms with E-state index in [1.54, 1.807) is 7.05 Å². The Morgan fingerprint density at radius 2 is 2.35 bits per heavy atom. The summed E-state index contributed by atoms with van der Waals surface area (Å²) in [5.74, 6) is 4.59. The maximum Gasteiger partial charge on any atom is 0.259 e. The van der Waals surface area contributed by atoms with Gasteiger partial charge in [-0.25, -0.2) is 9.07 Å². The summed E-state index contributed by atoms with van der Waals surface area (Å²) in [4.78, 5) is 16.0. The Labute approximate surface area is 114 Å². The molecule has 0 bridgehead atoms. The zero-order valence-corrected chi connectivity index (χ0v) is 10.7. The fourth-order valence-electron chi connectivity index (χ4n) is 1.54. The number of nitrogens with two attached hydrogens (primary N) is 1. The standard InChI is InChI=1S/C13H12FN5O/c1-19-13(16-8-17-19)18-12(20)11-7-10(14)5-4-9(11)3-2-6-15/h4-5,7-8H,6,15H2,1H3,(H,16,17,18,20). The lowest BCUT2D eigenvalue weighted by Gasteiger charge is -2.06. The van der Waals surface area contributed by atoms with E-state index in [9.17, 15) is 9.18 Å². The highest BCUT2D eigenvalue weighted by Gasteiger charge is 2.14. The Bertz CT molecular complexity index is 698. The molecule has 2 rings (SSSR count). The van der Waals surface area contributed by atoms with E-state index in [0.717, 1.165) is 6.07 Å². The smallest absolute Gasteiger partial charge is 0.259 e. The molecule has 3 N–H and O–H groups in total. The van der Waals surface area contributed by atoms with Crippen molar-refractivity contribution in [3.63, 3.8) is 0 Å². The van der Waals surface area contributed by atoms with E-state index < -0.39 is 11.7 Å². The van der Waals surface area contributed by atoms with Gasteiger partial charge in [-0.05, 0) is 18.2 Å². The molecule has 0 saturated heterocycles. The monoisotopic (exact) mass is 273 g/mol. The molecule has 0 aliphatic rings. The van der Waals surface area contributed by atoms with Gasteiger partial charge in [-0.1, -0.05) is 11.8 Å². The summed E-state index contributed by atoms with van der Waals surface area (Å²) in [5.41, 5.74) is 5.81. The van der Waals surface area contributed by atoms with Crippen molar-refractivity contribution in [3.8, 4) is 11.8 Å². The molecule has 0 fully saturated rings. The van der Waals surface area contributed by atoms with E-state index in [2.05, 4.69) is 27.2 Å². The third kappa shape index (κ3) is 2.99. The zero-order valence-electron chi connectivity index (χ0n) is 10.7. The van der Waals surface area contributed by atoms with Crippen LogP contribution < -0.4 is 11.1 Å². The van der Waals surface area contributed by atoms with Crippen LogP contribution in [-0.4, -0.2) is 27.2 Å². The first-order valence-corrected chi connectivity index (χ1v) is 5.75. The Morgan fingerprint density at radius 3 is 3.00 bits per heavy atom. The summed E-state index contributed by atoms with van der Waals surface area (Å²) >= 11 is 0. The summed E-state index contributed by atoms with van der Waals surface area (Å²) < 4.78 is 14.7. The molecule has 1 aromatic carbocycles. The molecule has 0 aliphatic heterocycles. The fraction of sp³-hybridized carbons (Fsp3) is 0.154. The number of aryl methyl sites for hydroxylation is 1. The first-order chi connectivity index (χ1) is 9.61. The normalized spacial score (nSPS) is 9.75. The first-order valence-electron chi connectivity index (χ1n) is 5.75. The van der Waals surface area contributed by atoms with Gasteiger partial charge in [0.15, 0.2) is 0 Å². The van der Waals surface area contributed by atoms with E-state index in [1.807, 2.05) is 0 Å². The maximum absolute atomic E-state index is 13.3. The zero-order chi connectivity index (χ0) is 14.5. The molecule has 0 unspecified atom stereocenters. The van der Waals surface area contributed by atoms with Crippen LogP contribution in [0.15, 0.2) is 24.5 Å². The van der Waals surface area contributed by atoms with Gasteiger partial charge in [0.1, 0.15) is 12.1 Å². The molecule has 0 atom stereocenters. The molecule has 102 valence electrons. The average Bonchev–Trinajstić information content (AvgIpc) is 2.83. The van der Waals surface area contributed by atoms with Crippen molar-refractivity contribution in [1.82, 2.24) is 14.8 Å². The lowest BCUT2D eigenvalue weighted by atomic mass is 10.1. The molecule has 0 radical (unpaired) electrons. The Morgan fingerprint density at radius 1 is 1.55 bits per heavy atom. The summed E-state index contributed by atoms with van der Waals surface area (Å²) in [5, 5.41) is 6.36. The molecule has 0 saturated carbocycles. The molecule has 6 nitrogen and oxygen atoms in total. The number of hydrogen-bond donors (Lipinski definition) is 2. The maximum atomic E-state index is 13.3. The number of nitrogens with zero attached hydrogens (tertiary/aromatic N) is 3. The highest BCUT2D eigenvalue weighted by atomic mass is 19.1. The first kappa shape index (κ1) is 13.7. The second-order valence-corrected chi connectivity index (χ2v) is 3.86. The van der Waals surface area contributed by atoms with Crippen LogP contribution in [0.25, 0.3) is 0 Å². The number of carbonyl (C=O) groups excluding carboxylic acids is 1. The molecule has 1 aromatic heterocycles. The third-order valence-corrected chi connectivity index (χ3v) is 2.49. The number of carbonyl (C=O) groups is 1. The molecule has 20 heavy (non-hydrogen) atoms. The Balaban J connectivity index is 2.33. The second-order valence-electron chi connectivity index (χ2n) is 3.86. The van der Waals surface area contributed by atoms with Gasteiger partial charge in [-0.3, -0.25) is 10.1 Å². The number of benzene rings is 1. The van der Waals surface area contributed by atoms with Gasteiger partial charge in [-0.2, -0.15) is 10.1 Å². The van der Waals surface area contributed by atoms with Gasteiger partial charge in [0.25, 0.3) is 5.91 Å². The van der Waals surface area contributed by atoms with Crippen molar-refractivity contribution in [1.29, 1.82) is 0 Å². The number of hydrogen-bond acceptors (Lipinski definition) is 4. The van der Waals surface area contributed by atoms with Crippen LogP contribution in [0.3, 0.4) is 0 Å². The van der Waals surface area contributed by atoms with Gasteiger partial charge in [0, 0.05) is 12.6 Å². The minimum atomic E-state index is -0.522. The van der Waals surface area contributed by atoms with Crippen molar-refractivity contribution in [2.45, 2.75) is 0 Å². The summed E-state index contributed by atoms with van der Waals surface area (Å²) in [6.07, 6.45) is 1.30. The van der Waals surface area contributed by atoms with Crippen molar-refractivity contribution in [3.05, 3.63) is 41.5 Å². The van der Waals surface area contributed by atoms with Crippen molar-refractivity contribution >= 4 is 11.9 Å². The van der Waals surface area contributed by atoms with Crippen LogP contribution in [0.5, 0.6) is 0 Å². The van der Waals surface area contributed by atoms with Gasteiger partial charge in [0.05, 0.1) is 12.1 Å². The van der Waals surface area contributed by atoms with E-state index in [4.69, 9.17) is 5.73 Å². The third-order valence-electron chi connectivity index (χ3n) is 2.49. The molecule has 7 heteroatoms. The minimum Gasteiger partial charge on any atom is -0.320 e. The lowest BCUT2D eigenvalue weighted by Crippen LogP contribution is -2.17. The SMILES string of the molecule is Cn1ncnc1NC(=O)c1cc(F)ccc1C#CCN. The summed E-state index contributed by atoms with van der Waals surface area (Å²) in [7, 11) is 1.63. The van der Waals surface area contributed by atoms with Crippen LogP contribution in [-0.2, 0) is 7.05 Å². The summed E-state index contributed by atoms with van der Waals surface area (Å²) in [6.45, 7) is 0.154. The largest absolute Gasteiger partial charge is 0.320 e. The highest BCUT2D eigenvalue weighted by Crippen LogP contribution is 2.12. The number of nitrogens with one attached hydrogen (secondary N) is 1. The number of amides is 1. The van der Waals surface area contributed by atoms with E-state index in [-0.39, 0.29) is 18.1 Å². The minimum absolute atomic E-state index is 0.119. The molecule has 2 aromatic rings. The van der Waals surface area contributed by atoms with Gasteiger partial charge in [0.2, 0.25) is 5.95 Å². The Hall–Kier alpha value is -2.72. The average molecular weight is 273 g/mol. The highest BCUT2D eigenvalue weighted by molar-refractivity contribution is 6.05. The molecule has 0 spiro atoms. The van der Waals surface area contributed by atoms with Crippen LogP contribution in [0, 0.1) is 17.7 Å². The van der Waals surface area contributed by atoms with Gasteiger partial charge >= 0.3 is 0 Å². The Kier molecular flexibility index (Phi) is 4.08. The quantitative estimate of drug-likeness (QED) is 0.781. The van der Waals surface area contributed by atoms with Crippen molar-refractivity contribution < 1.29 is 9.18 Å². The van der Waals surface area contributed by atoms with Crippen LogP contribution in [0.1, 0.15) is 15.9 Å². The number of halogens is 1. The van der Waals surface area contributed by atoms with Crippen molar-refractivity contribution in [2.24, 2.45) is 12.8 Å². The van der Waals surface area contributed by atoms with E-state index in [1.165, 1.54) is 23.1 Å². The predicted octanol–water partition coefficient (Wildman–Crippen LogP) is 0.517. The molecular weight excluding hydrogens is 261 g/mol. The van der Waals surface area contributed by atoms with Crippen LogP contribution >= 0.6 is 0 Å². The lowest BCUT2D eigenvalue weighted by molar-refractivity contribution is 0.102. The van der Waals surface area contributed by atoms with E-state index in [0.29, 0.717) is 5.56 Å². The molecular formula is C13H12FN5O. The van der Waals surface area contributed by atoms with Crippen molar-refractivity contribution in [2.75, 3.05) is 11.9 Å². The van der Waals surface area contributed by atoms with Crippen LogP contribution in [0.4, 0.5) is 10.3 Å². The summed E-state index contributed by atoms with van der Waals surface area (Å²) in [6, 6.07) is 3.79. The number of anilines is 1. The molecule has 1 heterocycles. The van der Waals surface area contributed by atoms with Gasteiger partial charge in [-0.15, -0.1) is 0 Å².